The highest BCUT2D eigenvalue weighted by molar-refractivity contribution is 7.64. The van der Waals surface area contributed by atoms with Crippen LogP contribution in [0.1, 0.15) is 45.4 Å². The van der Waals surface area contributed by atoms with Gasteiger partial charge in [-0.15, -0.1) is 0 Å². The second-order valence-corrected chi connectivity index (χ2v) is 9.74. The van der Waals surface area contributed by atoms with Crippen LogP contribution in [0, 0.1) is 0 Å². The summed E-state index contributed by atoms with van der Waals surface area (Å²) in [5, 5.41) is 1.73. The predicted molar refractivity (Wildman–Crippen MR) is 99.8 cm³/mol. The van der Waals surface area contributed by atoms with Gasteiger partial charge in [0.1, 0.15) is 0 Å². The van der Waals surface area contributed by atoms with Crippen LogP contribution in [0.15, 0.2) is 47.3 Å². The minimum atomic E-state index is -0.0851. The van der Waals surface area contributed by atoms with Gasteiger partial charge in [0, 0.05) is 11.7 Å². The quantitative estimate of drug-likeness (QED) is 0.609. The summed E-state index contributed by atoms with van der Waals surface area (Å²) < 4.78 is 0. The van der Waals surface area contributed by atoms with Gasteiger partial charge in [-0.2, -0.15) is 0 Å². The molecule has 1 nitrogen and oxygen atoms in total. The highest BCUT2D eigenvalue weighted by atomic mass is 31.1. The van der Waals surface area contributed by atoms with E-state index in [9.17, 15) is 0 Å². The molecule has 3 aliphatic carbocycles. The Morgan fingerprint density at radius 1 is 1.09 bits per heavy atom. The summed E-state index contributed by atoms with van der Waals surface area (Å²) in [7, 11) is 4.34. The number of hydrogen-bond acceptors (Lipinski definition) is 1. The monoisotopic (exact) mass is 315 g/mol. The zero-order valence-electron chi connectivity index (χ0n) is 14.3. The molecule has 1 saturated carbocycles. The Kier molecular flexibility index (Phi) is 5.37. The summed E-state index contributed by atoms with van der Waals surface area (Å²) in [6, 6.07) is 0.563. The Balaban J connectivity index is 1.93. The van der Waals surface area contributed by atoms with Crippen molar-refractivity contribution >= 4 is 7.92 Å². The maximum Gasteiger partial charge on any atom is 0.0285 e. The first-order valence-corrected chi connectivity index (χ1v) is 10.4. The zero-order chi connectivity index (χ0) is 15.5. The molecule has 0 spiro atoms. The van der Waals surface area contributed by atoms with Gasteiger partial charge in [0.15, 0.2) is 0 Å². The van der Waals surface area contributed by atoms with Gasteiger partial charge < -0.3 is 4.90 Å². The Morgan fingerprint density at radius 2 is 1.77 bits per heavy atom. The number of likely N-dealkylation sites (N-methyl/N-ethyl adjacent to an activating group) is 1. The lowest BCUT2D eigenvalue weighted by Gasteiger charge is -2.36. The van der Waals surface area contributed by atoms with Crippen LogP contribution in [0.25, 0.3) is 0 Å². The fourth-order valence-electron chi connectivity index (χ4n) is 4.02. The van der Waals surface area contributed by atoms with Crippen molar-refractivity contribution in [3.8, 4) is 0 Å². The molecular formula is C20H30NP. The molecular weight excluding hydrogens is 285 g/mol. The molecule has 0 unspecified atom stereocenters. The van der Waals surface area contributed by atoms with Crippen LogP contribution in [0.5, 0.6) is 0 Å². The maximum atomic E-state index is 2.48. The van der Waals surface area contributed by atoms with Crippen molar-refractivity contribution in [2.24, 2.45) is 0 Å². The molecule has 0 aromatic rings. The van der Waals surface area contributed by atoms with E-state index >= 15 is 0 Å². The van der Waals surface area contributed by atoms with Crippen LogP contribution in [-0.2, 0) is 0 Å². The lowest BCUT2D eigenvalue weighted by molar-refractivity contribution is 0.348. The highest BCUT2D eigenvalue weighted by Gasteiger charge is 2.33. The molecule has 1 fully saturated rings. The van der Waals surface area contributed by atoms with Crippen molar-refractivity contribution in [1.29, 1.82) is 0 Å². The van der Waals surface area contributed by atoms with E-state index in [1.165, 1.54) is 38.5 Å². The van der Waals surface area contributed by atoms with Crippen LogP contribution in [0.4, 0.5) is 0 Å². The van der Waals surface area contributed by atoms with Crippen LogP contribution in [-0.4, -0.2) is 36.4 Å². The lowest BCUT2D eigenvalue weighted by atomic mass is 10.0. The molecule has 0 aromatic heterocycles. The molecule has 3 aliphatic rings. The summed E-state index contributed by atoms with van der Waals surface area (Å²) in [4.78, 5) is 2.37. The summed E-state index contributed by atoms with van der Waals surface area (Å²) >= 11 is 0. The molecule has 3 rings (SSSR count). The molecule has 2 atom stereocenters. The normalized spacial score (nSPS) is 25.6. The van der Waals surface area contributed by atoms with Crippen LogP contribution < -0.4 is 0 Å². The SMILES string of the molecule is C[C@H](C1=C([P@](C2C=CC=C2)C2CCCCC2)C=CC1)N(C)C. The van der Waals surface area contributed by atoms with E-state index in [4.69, 9.17) is 0 Å². The van der Waals surface area contributed by atoms with Crippen molar-refractivity contribution in [3.63, 3.8) is 0 Å². The summed E-state index contributed by atoms with van der Waals surface area (Å²) in [5.74, 6) is 0. The molecule has 0 N–H and O–H groups in total. The summed E-state index contributed by atoms with van der Waals surface area (Å²) in [5.41, 5.74) is 3.30. The van der Waals surface area contributed by atoms with Gasteiger partial charge in [0.05, 0.1) is 0 Å². The largest absolute Gasteiger partial charge is 0.303 e. The van der Waals surface area contributed by atoms with Gasteiger partial charge in [-0.25, -0.2) is 0 Å². The Hall–Kier alpha value is -0.650. The molecule has 120 valence electrons. The van der Waals surface area contributed by atoms with Crippen molar-refractivity contribution in [3.05, 3.63) is 47.3 Å². The van der Waals surface area contributed by atoms with E-state index in [2.05, 4.69) is 62.4 Å². The highest BCUT2D eigenvalue weighted by Crippen LogP contribution is 2.62. The zero-order valence-corrected chi connectivity index (χ0v) is 15.2. The van der Waals surface area contributed by atoms with E-state index in [1.54, 1.807) is 10.9 Å². The van der Waals surface area contributed by atoms with Crippen LogP contribution in [0.2, 0.25) is 0 Å². The first-order chi connectivity index (χ1) is 10.7. The van der Waals surface area contributed by atoms with Crippen molar-refractivity contribution < 1.29 is 0 Å². The summed E-state index contributed by atoms with van der Waals surface area (Å²) in [6.07, 6.45) is 22.7. The summed E-state index contributed by atoms with van der Waals surface area (Å²) in [6.45, 7) is 2.37. The van der Waals surface area contributed by atoms with Gasteiger partial charge in [0.2, 0.25) is 0 Å². The Labute approximate surface area is 137 Å². The molecule has 0 radical (unpaired) electrons. The third-order valence-corrected chi connectivity index (χ3v) is 8.80. The van der Waals surface area contributed by atoms with Crippen molar-refractivity contribution in [1.82, 2.24) is 4.90 Å². The maximum absolute atomic E-state index is 2.48. The molecule has 0 aromatic carbocycles. The van der Waals surface area contributed by atoms with E-state index in [1.807, 2.05) is 0 Å². The fourth-order valence-corrected chi connectivity index (χ4v) is 7.60. The van der Waals surface area contributed by atoms with Gasteiger partial charge in [-0.05, 0) is 56.8 Å². The topological polar surface area (TPSA) is 3.24 Å². The number of rotatable bonds is 5. The minimum absolute atomic E-state index is 0.0851. The van der Waals surface area contributed by atoms with E-state index in [0.717, 1.165) is 5.66 Å². The van der Waals surface area contributed by atoms with Gasteiger partial charge in [-0.3, -0.25) is 0 Å². The minimum Gasteiger partial charge on any atom is -0.303 e. The Morgan fingerprint density at radius 3 is 2.41 bits per heavy atom. The fraction of sp³-hybridized carbons (Fsp3) is 0.600. The third kappa shape index (κ3) is 3.31. The molecule has 2 heteroatoms. The number of nitrogens with zero attached hydrogens (tertiary/aromatic N) is 1. The van der Waals surface area contributed by atoms with Gasteiger partial charge in [-0.1, -0.05) is 63.6 Å². The molecule has 0 amide bonds. The number of hydrogen-bond donors (Lipinski definition) is 0. The first-order valence-electron chi connectivity index (χ1n) is 8.88. The van der Waals surface area contributed by atoms with Crippen molar-refractivity contribution in [2.75, 3.05) is 14.1 Å². The predicted octanol–water partition coefficient (Wildman–Crippen LogP) is 5.46. The van der Waals surface area contributed by atoms with E-state index < -0.39 is 0 Å². The van der Waals surface area contributed by atoms with E-state index in [0.29, 0.717) is 11.7 Å². The number of allylic oxidation sites excluding steroid dienone is 7. The second-order valence-electron chi connectivity index (χ2n) is 7.12. The first kappa shape index (κ1) is 16.2. The molecule has 0 saturated heterocycles. The lowest BCUT2D eigenvalue weighted by Crippen LogP contribution is -2.27. The standard InChI is InChI=1S/C20H30NP/c1-16(21(2)3)19-14-9-15-20(19)22(18-12-7-8-13-18)17-10-5-4-6-11-17/h7-9,12-13,15-18H,4-6,10-11,14H2,1-3H3/t16-,22+/m1/s1. The smallest absolute Gasteiger partial charge is 0.0285 e. The van der Waals surface area contributed by atoms with Crippen molar-refractivity contribution in [2.45, 2.75) is 62.8 Å². The molecule has 0 bridgehead atoms. The average Bonchev–Trinajstić information content (AvgIpc) is 3.20. The molecule has 0 aliphatic heterocycles. The van der Waals surface area contributed by atoms with Crippen LogP contribution in [0.3, 0.4) is 0 Å². The average molecular weight is 315 g/mol. The van der Waals surface area contributed by atoms with Gasteiger partial charge in [0.25, 0.3) is 0 Å². The molecule has 0 heterocycles. The van der Waals surface area contributed by atoms with Gasteiger partial charge >= 0.3 is 0 Å². The van der Waals surface area contributed by atoms with Crippen LogP contribution >= 0.6 is 7.92 Å². The second kappa shape index (κ2) is 7.28. The van der Waals surface area contributed by atoms with E-state index in [-0.39, 0.29) is 7.92 Å². The third-order valence-electron chi connectivity index (χ3n) is 5.52. The Bertz CT molecular complexity index is 494. The molecule has 22 heavy (non-hydrogen) atoms.